The second-order valence-corrected chi connectivity index (χ2v) is 4.94. The number of nitrogens with one attached hydrogen (secondary N) is 2. The summed E-state index contributed by atoms with van der Waals surface area (Å²) in [6.07, 6.45) is 2.81. The van der Waals surface area contributed by atoms with Gasteiger partial charge in [-0.15, -0.1) is 0 Å². The molecule has 0 spiro atoms. The fraction of sp³-hybridized carbons (Fsp3) is 0.0556. The van der Waals surface area contributed by atoms with Crippen molar-refractivity contribution >= 4 is 29.5 Å². The van der Waals surface area contributed by atoms with E-state index < -0.39 is 23.8 Å². The Morgan fingerprint density at radius 1 is 0.917 bits per heavy atom. The number of hydrogen-bond acceptors (Lipinski definition) is 3. The minimum absolute atomic E-state index is 0.503. The number of rotatable bonds is 6. The van der Waals surface area contributed by atoms with Crippen LogP contribution in [0.3, 0.4) is 0 Å². The summed E-state index contributed by atoms with van der Waals surface area (Å²) in [5.74, 6) is -2.23. The number of para-hydroxylation sites is 1. The Kier molecular flexibility index (Phi) is 5.85. The lowest BCUT2D eigenvalue weighted by Crippen LogP contribution is -2.51. The van der Waals surface area contributed by atoms with Crippen molar-refractivity contribution in [3.63, 3.8) is 0 Å². The van der Waals surface area contributed by atoms with Crippen LogP contribution in [0.1, 0.15) is 5.56 Å². The molecule has 0 aromatic heterocycles. The standard InChI is InChI=1S/C18H17N3O3/c19-17(23)16(18(24)20-14-9-5-2-6-10-14)21-15(22)12-11-13-7-3-1-4-8-13/h1-12,16H,(H2,19,23)(H,20,24)(H,21,22). The maximum absolute atomic E-state index is 12.1. The zero-order valence-electron chi connectivity index (χ0n) is 12.8. The van der Waals surface area contributed by atoms with Crippen molar-refractivity contribution in [1.82, 2.24) is 5.32 Å². The van der Waals surface area contributed by atoms with E-state index >= 15 is 0 Å². The maximum atomic E-state index is 12.1. The molecule has 0 saturated carbocycles. The lowest BCUT2D eigenvalue weighted by molar-refractivity contribution is -0.131. The molecular formula is C18H17N3O3. The van der Waals surface area contributed by atoms with Crippen molar-refractivity contribution in [2.24, 2.45) is 5.73 Å². The monoisotopic (exact) mass is 323 g/mol. The summed E-state index contributed by atoms with van der Waals surface area (Å²) in [7, 11) is 0. The molecule has 4 N–H and O–H groups in total. The van der Waals surface area contributed by atoms with Gasteiger partial charge in [-0.05, 0) is 23.8 Å². The Balaban J connectivity index is 2.00. The zero-order valence-corrected chi connectivity index (χ0v) is 12.8. The highest BCUT2D eigenvalue weighted by molar-refractivity contribution is 6.12. The smallest absolute Gasteiger partial charge is 0.256 e. The lowest BCUT2D eigenvalue weighted by atomic mass is 10.2. The first-order valence-corrected chi connectivity index (χ1v) is 7.25. The Morgan fingerprint density at radius 3 is 2.08 bits per heavy atom. The van der Waals surface area contributed by atoms with Crippen LogP contribution in [0.5, 0.6) is 0 Å². The first kappa shape index (κ1) is 17.0. The summed E-state index contributed by atoms with van der Waals surface area (Å²) in [4.78, 5) is 35.5. The molecule has 0 aliphatic carbocycles. The van der Waals surface area contributed by atoms with Crippen LogP contribution in [0.15, 0.2) is 66.7 Å². The van der Waals surface area contributed by atoms with Gasteiger partial charge in [0.15, 0.2) is 6.04 Å². The molecule has 0 saturated heterocycles. The number of carbonyl (C=O) groups excluding carboxylic acids is 3. The van der Waals surface area contributed by atoms with E-state index in [2.05, 4.69) is 10.6 Å². The van der Waals surface area contributed by atoms with Gasteiger partial charge < -0.3 is 16.4 Å². The second kappa shape index (κ2) is 8.28. The Hall–Kier alpha value is -3.41. The third-order valence-corrected chi connectivity index (χ3v) is 3.10. The third-order valence-electron chi connectivity index (χ3n) is 3.10. The van der Waals surface area contributed by atoms with Crippen LogP contribution in [-0.4, -0.2) is 23.8 Å². The summed E-state index contributed by atoms with van der Waals surface area (Å²) < 4.78 is 0. The predicted molar refractivity (Wildman–Crippen MR) is 91.7 cm³/mol. The van der Waals surface area contributed by atoms with Crippen LogP contribution in [0.2, 0.25) is 0 Å². The number of carbonyl (C=O) groups is 3. The van der Waals surface area contributed by atoms with Gasteiger partial charge in [-0.3, -0.25) is 14.4 Å². The molecule has 6 nitrogen and oxygen atoms in total. The summed E-state index contributed by atoms with van der Waals surface area (Å²) in [6.45, 7) is 0. The molecule has 0 aliphatic heterocycles. The highest BCUT2D eigenvalue weighted by Gasteiger charge is 2.25. The van der Waals surface area contributed by atoms with Gasteiger partial charge in [-0.1, -0.05) is 48.5 Å². The average molecular weight is 323 g/mol. The molecule has 1 unspecified atom stereocenters. The molecule has 0 bridgehead atoms. The second-order valence-electron chi connectivity index (χ2n) is 4.94. The number of hydrogen-bond donors (Lipinski definition) is 3. The molecule has 122 valence electrons. The normalized spacial score (nSPS) is 11.7. The molecule has 2 rings (SSSR count). The van der Waals surface area contributed by atoms with Crippen molar-refractivity contribution in [2.75, 3.05) is 5.32 Å². The third kappa shape index (κ3) is 5.10. The molecule has 6 heteroatoms. The van der Waals surface area contributed by atoms with E-state index in [1.165, 1.54) is 6.08 Å². The van der Waals surface area contributed by atoms with E-state index in [1.54, 1.807) is 36.4 Å². The predicted octanol–water partition coefficient (Wildman–Crippen LogP) is 1.31. The van der Waals surface area contributed by atoms with Crippen molar-refractivity contribution in [3.8, 4) is 0 Å². The van der Waals surface area contributed by atoms with Crippen LogP contribution < -0.4 is 16.4 Å². The molecule has 2 aromatic carbocycles. The van der Waals surface area contributed by atoms with Crippen LogP contribution in [0, 0.1) is 0 Å². The van der Waals surface area contributed by atoms with Crippen molar-refractivity contribution in [2.45, 2.75) is 6.04 Å². The van der Waals surface area contributed by atoms with E-state index in [0.717, 1.165) is 5.56 Å². The molecule has 1 atom stereocenters. The van der Waals surface area contributed by atoms with Crippen molar-refractivity contribution < 1.29 is 14.4 Å². The maximum Gasteiger partial charge on any atom is 0.256 e. The van der Waals surface area contributed by atoms with Gasteiger partial charge in [0.1, 0.15) is 0 Å². The number of primary amides is 1. The van der Waals surface area contributed by atoms with Crippen LogP contribution >= 0.6 is 0 Å². The Bertz CT molecular complexity index is 743. The van der Waals surface area contributed by atoms with E-state index in [4.69, 9.17) is 5.73 Å². The SMILES string of the molecule is NC(=O)C(NC(=O)C=Cc1ccccc1)C(=O)Nc1ccccc1. The highest BCUT2D eigenvalue weighted by Crippen LogP contribution is 2.06. The van der Waals surface area contributed by atoms with Crippen LogP contribution in [-0.2, 0) is 14.4 Å². The fourth-order valence-corrected chi connectivity index (χ4v) is 1.93. The number of nitrogens with two attached hydrogens (primary N) is 1. The lowest BCUT2D eigenvalue weighted by Gasteiger charge is -2.14. The summed E-state index contributed by atoms with van der Waals surface area (Å²) in [5, 5.41) is 4.82. The van der Waals surface area contributed by atoms with Crippen LogP contribution in [0.4, 0.5) is 5.69 Å². The quantitative estimate of drug-likeness (QED) is 0.552. The molecular weight excluding hydrogens is 306 g/mol. The van der Waals surface area contributed by atoms with E-state index in [9.17, 15) is 14.4 Å². The van der Waals surface area contributed by atoms with E-state index in [1.807, 2.05) is 30.3 Å². The van der Waals surface area contributed by atoms with Gasteiger partial charge in [-0.25, -0.2) is 0 Å². The molecule has 0 aliphatic rings. The van der Waals surface area contributed by atoms with Gasteiger partial charge in [0.05, 0.1) is 0 Å². The topological polar surface area (TPSA) is 101 Å². The number of benzene rings is 2. The minimum atomic E-state index is -1.46. The molecule has 0 heterocycles. The first-order valence-electron chi connectivity index (χ1n) is 7.25. The van der Waals surface area contributed by atoms with Crippen molar-refractivity contribution in [3.05, 3.63) is 72.3 Å². The minimum Gasteiger partial charge on any atom is -0.367 e. The molecule has 3 amide bonds. The zero-order chi connectivity index (χ0) is 17.4. The highest BCUT2D eigenvalue weighted by atomic mass is 16.2. The summed E-state index contributed by atoms with van der Waals surface area (Å²) in [6, 6.07) is 16.3. The Labute approximate surface area is 139 Å². The van der Waals surface area contributed by atoms with Crippen molar-refractivity contribution in [1.29, 1.82) is 0 Å². The fourth-order valence-electron chi connectivity index (χ4n) is 1.93. The molecule has 2 aromatic rings. The van der Waals surface area contributed by atoms with Gasteiger partial charge in [0.2, 0.25) is 11.8 Å². The largest absolute Gasteiger partial charge is 0.367 e. The Morgan fingerprint density at radius 2 is 1.50 bits per heavy atom. The van der Waals surface area contributed by atoms with Gasteiger partial charge >= 0.3 is 0 Å². The summed E-state index contributed by atoms with van der Waals surface area (Å²) in [5.41, 5.74) is 6.53. The number of anilines is 1. The molecule has 24 heavy (non-hydrogen) atoms. The number of amides is 3. The molecule has 0 radical (unpaired) electrons. The summed E-state index contributed by atoms with van der Waals surface area (Å²) >= 11 is 0. The molecule has 0 fully saturated rings. The van der Waals surface area contributed by atoms with Gasteiger partial charge in [-0.2, -0.15) is 0 Å². The van der Waals surface area contributed by atoms with Gasteiger partial charge in [0, 0.05) is 11.8 Å². The average Bonchev–Trinajstić information content (AvgIpc) is 2.59. The van der Waals surface area contributed by atoms with Crippen LogP contribution in [0.25, 0.3) is 6.08 Å². The first-order chi connectivity index (χ1) is 11.6. The van der Waals surface area contributed by atoms with Gasteiger partial charge in [0.25, 0.3) is 5.91 Å². The van der Waals surface area contributed by atoms with E-state index in [0.29, 0.717) is 5.69 Å². The van der Waals surface area contributed by atoms with E-state index in [-0.39, 0.29) is 0 Å².